The largest absolute Gasteiger partial charge is 0.313 e. The number of nitrogens with one attached hydrogen (secondary N) is 1. The van der Waals surface area contributed by atoms with E-state index in [2.05, 4.69) is 47.2 Å². The summed E-state index contributed by atoms with van der Waals surface area (Å²) in [4.78, 5) is 1.51. The van der Waals surface area contributed by atoms with Crippen molar-refractivity contribution in [1.82, 2.24) is 5.32 Å². The average Bonchev–Trinajstić information content (AvgIpc) is 3.01. The van der Waals surface area contributed by atoms with Gasteiger partial charge in [-0.1, -0.05) is 20.3 Å². The summed E-state index contributed by atoms with van der Waals surface area (Å²) in [5.74, 6) is 0. The molecule has 1 aromatic heterocycles. The van der Waals surface area contributed by atoms with Gasteiger partial charge in [0, 0.05) is 17.5 Å². The highest BCUT2D eigenvalue weighted by Gasteiger charge is 2.28. The van der Waals surface area contributed by atoms with E-state index in [0.29, 0.717) is 5.41 Å². The van der Waals surface area contributed by atoms with Gasteiger partial charge in [-0.25, -0.2) is 0 Å². The molecule has 3 heteroatoms. The third kappa shape index (κ3) is 4.38. The van der Waals surface area contributed by atoms with Crippen LogP contribution in [0.5, 0.6) is 0 Å². The van der Waals surface area contributed by atoms with Gasteiger partial charge < -0.3 is 5.32 Å². The Kier molecular flexibility index (Phi) is 4.67. The molecular weight excluding hydrogens is 294 g/mol. The van der Waals surface area contributed by atoms with Crippen LogP contribution in [0.1, 0.15) is 44.4 Å². The van der Waals surface area contributed by atoms with Crippen molar-refractivity contribution in [3.05, 3.63) is 20.8 Å². The van der Waals surface area contributed by atoms with Crippen LogP contribution in [-0.2, 0) is 6.42 Å². The maximum Gasteiger partial charge on any atom is 0.0701 e. The van der Waals surface area contributed by atoms with E-state index in [0.717, 1.165) is 6.04 Å². The van der Waals surface area contributed by atoms with Crippen molar-refractivity contribution in [1.29, 1.82) is 0 Å². The lowest BCUT2D eigenvalue weighted by Gasteiger charge is -2.29. The second-order valence-corrected chi connectivity index (χ2v) is 8.15. The highest BCUT2D eigenvalue weighted by Crippen LogP contribution is 2.33. The fraction of sp³-hybridized carbons (Fsp3) is 0.714. The molecule has 1 heterocycles. The smallest absolute Gasteiger partial charge is 0.0701 e. The Balaban J connectivity index is 1.93. The molecule has 1 saturated carbocycles. The van der Waals surface area contributed by atoms with E-state index in [4.69, 9.17) is 0 Å². The Labute approximate surface area is 117 Å². The molecule has 1 atom stereocenters. The summed E-state index contributed by atoms with van der Waals surface area (Å²) < 4.78 is 1.25. The summed E-state index contributed by atoms with van der Waals surface area (Å²) in [5.41, 5.74) is 0.418. The lowest BCUT2D eigenvalue weighted by atomic mass is 9.81. The van der Waals surface area contributed by atoms with Crippen molar-refractivity contribution in [3.63, 3.8) is 0 Å². The number of thiophene rings is 1. The normalized spacial score (nSPS) is 19.2. The van der Waals surface area contributed by atoms with Gasteiger partial charge in [0.25, 0.3) is 0 Å². The Hall–Kier alpha value is 0.140. The van der Waals surface area contributed by atoms with Crippen molar-refractivity contribution in [2.45, 2.75) is 52.0 Å². The quantitative estimate of drug-likeness (QED) is 0.774. The first-order valence-corrected chi connectivity index (χ1v) is 8.20. The maximum atomic E-state index is 3.70. The molecule has 0 aliphatic heterocycles. The van der Waals surface area contributed by atoms with Gasteiger partial charge in [-0.3, -0.25) is 0 Å². The van der Waals surface area contributed by atoms with Crippen LogP contribution in [0.2, 0.25) is 0 Å². The number of rotatable bonds is 7. The van der Waals surface area contributed by atoms with Gasteiger partial charge in [-0.05, 0) is 59.2 Å². The minimum Gasteiger partial charge on any atom is -0.313 e. The van der Waals surface area contributed by atoms with E-state index in [9.17, 15) is 0 Å². The molecule has 1 N–H and O–H groups in total. The molecule has 1 nitrogen and oxygen atoms in total. The monoisotopic (exact) mass is 315 g/mol. The molecule has 96 valence electrons. The zero-order chi connectivity index (χ0) is 12.3. The Bertz CT molecular complexity index is 359. The first kappa shape index (κ1) is 13.6. The minimum atomic E-state index is 0.418. The fourth-order valence-corrected chi connectivity index (χ4v) is 4.09. The first-order valence-electron chi connectivity index (χ1n) is 6.59. The van der Waals surface area contributed by atoms with Crippen molar-refractivity contribution >= 4 is 27.3 Å². The predicted molar refractivity (Wildman–Crippen MR) is 79.8 cm³/mol. The molecule has 0 saturated heterocycles. The zero-order valence-electron chi connectivity index (χ0n) is 10.8. The fourth-order valence-electron chi connectivity index (χ4n) is 2.39. The van der Waals surface area contributed by atoms with Crippen LogP contribution in [0.15, 0.2) is 15.9 Å². The molecule has 1 unspecified atom stereocenters. The van der Waals surface area contributed by atoms with Crippen LogP contribution in [0.4, 0.5) is 0 Å². The second kappa shape index (κ2) is 5.85. The number of hydrogen-bond donors (Lipinski definition) is 1. The van der Waals surface area contributed by atoms with Crippen LogP contribution in [0.3, 0.4) is 0 Å². The van der Waals surface area contributed by atoms with Crippen molar-refractivity contribution in [3.8, 4) is 0 Å². The highest BCUT2D eigenvalue weighted by atomic mass is 79.9. The van der Waals surface area contributed by atoms with E-state index in [-0.39, 0.29) is 0 Å². The molecule has 0 bridgehead atoms. The predicted octanol–water partition coefficient (Wildman–Crippen LogP) is 4.61. The Morgan fingerprint density at radius 3 is 2.76 bits per heavy atom. The van der Waals surface area contributed by atoms with Gasteiger partial charge in [0.1, 0.15) is 0 Å². The van der Waals surface area contributed by atoms with E-state index in [1.165, 1.54) is 47.3 Å². The van der Waals surface area contributed by atoms with Crippen molar-refractivity contribution in [2.75, 3.05) is 6.54 Å². The van der Waals surface area contributed by atoms with Crippen LogP contribution >= 0.6 is 27.3 Å². The van der Waals surface area contributed by atoms with E-state index < -0.39 is 0 Å². The second-order valence-electron chi connectivity index (χ2n) is 5.60. The number of hydrogen-bond acceptors (Lipinski definition) is 2. The topological polar surface area (TPSA) is 12.0 Å². The van der Waals surface area contributed by atoms with E-state index in [1.807, 2.05) is 11.3 Å². The minimum absolute atomic E-state index is 0.418. The molecule has 0 radical (unpaired) electrons. The molecule has 0 aromatic carbocycles. The van der Waals surface area contributed by atoms with Gasteiger partial charge in [0.05, 0.1) is 3.79 Å². The number of halogens is 1. The van der Waals surface area contributed by atoms with Crippen LogP contribution in [0.25, 0.3) is 0 Å². The van der Waals surface area contributed by atoms with Gasteiger partial charge in [0.15, 0.2) is 0 Å². The van der Waals surface area contributed by atoms with Gasteiger partial charge in [0.2, 0.25) is 0 Å². The van der Waals surface area contributed by atoms with Crippen molar-refractivity contribution < 1.29 is 0 Å². The summed E-state index contributed by atoms with van der Waals surface area (Å²) in [6.45, 7) is 5.89. The standard InChI is InChI=1S/C14H22BrNS/c1-3-8-14(2,10-16-11-4-5-11)9-12-6-7-13(15)17-12/h6-7,11,16H,3-5,8-10H2,1-2H3. The summed E-state index contributed by atoms with van der Waals surface area (Å²) in [7, 11) is 0. The lowest BCUT2D eigenvalue weighted by Crippen LogP contribution is -2.34. The summed E-state index contributed by atoms with van der Waals surface area (Å²) in [6.07, 6.45) is 6.55. The molecule has 0 amide bonds. The van der Waals surface area contributed by atoms with Crippen LogP contribution < -0.4 is 5.32 Å². The molecule has 1 fully saturated rings. The molecule has 1 aliphatic carbocycles. The molecular formula is C14H22BrNS. The third-order valence-corrected chi connectivity index (χ3v) is 5.10. The zero-order valence-corrected chi connectivity index (χ0v) is 13.2. The lowest BCUT2D eigenvalue weighted by molar-refractivity contribution is 0.276. The summed E-state index contributed by atoms with van der Waals surface area (Å²) >= 11 is 5.43. The van der Waals surface area contributed by atoms with Gasteiger partial charge in [-0.15, -0.1) is 11.3 Å². The van der Waals surface area contributed by atoms with Gasteiger partial charge in [-0.2, -0.15) is 0 Å². The summed E-state index contributed by atoms with van der Waals surface area (Å²) in [6, 6.07) is 5.25. The summed E-state index contributed by atoms with van der Waals surface area (Å²) in [5, 5.41) is 3.70. The maximum absolute atomic E-state index is 3.70. The molecule has 0 spiro atoms. The first-order chi connectivity index (χ1) is 8.11. The van der Waals surface area contributed by atoms with Crippen LogP contribution in [0, 0.1) is 5.41 Å². The molecule has 1 aromatic rings. The van der Waals surface area contributed by atoms with Gasteiger partial charge >= 0.3 is 0 Å². The SMILES string of the molecule is CCCC(C)(CNC1CC1)Cc1ccc(Br)s1. The van der Waals surface area contributed by atoms with E-state index in [1.54, 1.807) is 0 Å². The Morgan fingerprint density at radius 2 is 2.24 bits per heavy atom. The molecule has 17 heavy (non-hydrogen) atoms. The molecule has 1 aliphatic rings. The average molecular weight is 316 g/mol. The third-order valence-electron chi connectivity index (χ3n) is 3.48. The van der Waals surface area contributed by atoms with Crippen molar-refractivity contribution in [2.24, 2.45) is 5.41 Å². The Morgan fingerprint density at radius 1 is 1.47 bits per heavy atom. The van der Waals surface area contributed by atoms with E-state index >= 15 is 0 Å². The highest BCUT2D eigenvalue weighted by molar-refractivity contribution is 9.11. The van der Waals surface area contributed by atoms with Crippen LogP contribution in [-0.4, -0.2) is 12.6 Å². The molecule has 2 rings (SSSR count).